The van der Waals surface area contributed by atoms with Gasteiger partial charge in [0.1, 0.15) is 0 Å². The highest BCUT2D eigenvalue weighted by Crippen LogP contribution is 2.18. The first-order valence-electron chi connectivity index (χ1n) is 7.79. The van der Waals surface area contributed by atoms with Crippen LogP contribution in [0.15, 0.2) is 24.4 Å². The van der Waals surface area contributed by atoms with Gasteiger partial charge in [-0.05, 0) is 38.3 Å². The Kier molecular flexibility index (Phi) is 5.95. The predicted molar refractivity (Wildman–Crippen MR) is 88.4 cm³/mol. The maximum Gasteiger partial charge on any atom is 0.318 e. The van der Waals surface area contributed by atoms with Gasteiger partial charge < -0.3 is 10.2 Å². The van der Waals surface area contributed by atoms with Crippen LogP contribution >= 0.6 is 0 Å². The first-order chi connectivity index (χ1) is 10.9. The molecule has 23 heavy (non-hydrogen) atoms. The molecule has 1 aromatic rings. The Hall–Kier alpha value is -1.67. The Morgan fingerprint density at radius 2 is 2.22 bits per heavy atom. The Balaban J connectivity index is 1.97. The van der Waals surface area contributed by atoms with Gasteiger partial charge in [0.05, 0.1) is 18.0 Å². The number of carbonyl (C=O) groups excluding carboxylic acids is 1. The SMILES string of the molecule is C[C@H](NC(=O)N1CCCC[C@@H]1CNS(C)(=O)=O)c1ccccn1. The zero-order valence-corrected chi connectivity index (χ0v) is 14.3. The van der Waals surface area contributed by atoms with E-state index >= 15 is 0 Å². The first-order valence-corrected chi connectivity index (χ1v) is 9.68. The van der Waals surface area contributed by atoms with Crippen molar-refractivity contribution >= 4 is 16.1 Å². The third-order valence-corrected chi connectivity index (χ3v) is 4.63. The van der Waals surface area contributed by atoms with Crippen molar-refractivity contribution in [2.24, 2.45) is 0 Å². The van der Waals surface area contributed by atoms with Gasteiger partial charge in [0, 0.05) is 25.3 Å². The molecule has 2 heterocycles. The van der Waals surface area contributed by atoms with Crippen molar-refractivity contribution in [2.75, 3.05) is 19.3 Å². The summed E-state index contributed by atoms with van der Waals surface area (Å²) in [4.78, 5) is 18.5. The molecule has 1 aromatic heterocycles. The number of urea groups is 1. The average molecular weight is 340 g/mol. The van der Waals surface area contributed by atoms with Gasteiger partial charge in [0.25, 0.3) is 0 Å². The first kappa shape index (κ1) is 17.7. The number of hydrogen-bond acceptors (Lipinski definition) is 4. The van der Waals surface area contributed by atoms with E-state index < -0.39 is 10.0 Å². The summed E-state index contributed by atoms with van der Waals surface area (Å²) in [5, 5.41) is 2.94. The van der Waals surface area contributed by atoms with Crippen LogP contribution in [0.1, 0.15) is 37.9 Å². The fourth-order valence-electron chi connectivity index (χ4n) is 2.70. The zero-order valence-electron chi connectivity index (χ0n) is 13.5. The number of likely N-dealkylation sites (tertiary alicyclic amines) is 1. The lowest BCUT2D eigenvalue weighted by Crippen LogP contribution is -2.53. The monoisotopic (exact) mass is 340 g/mol. The number of piperidine rings is 1. The number of amides is 2. The molecular formula is C15H24N4O3S. The second-order valence-electron chi connectivity index (χ2n) is 5.89. The van der Waals surface area contributed by atoms with Crippen LogP contribution in [0.4, 0.5) is 4.79 Å². The van der Waals surface area contributed by atoms with Crippen LogP contribution in [-0.4, -0.2) is 49.7 Å². The van der Waals surface area contributed by atoms with E-state index in [9.17, 15) is 13.2 Å². The molecule has 1 aliphatic rings. The molecule has 8 heteroatoms. The summed E-state index contributed by atoms with van der Waals surface area (Å²) in [5.74, 6) is 0. The maximum atomic E-state index is 12.5. The number of aromatic nitrogens is 1. The second kappa shape index (κ2) is 7.74. The van der Waals surface area contributed by atoms with E-state index in [1.807, 2.05) is 25.1 Å². The molecule has 7 nitrogen and oxygen atoms in total. The van der Waals surface area contributed by atoms with E-state index in [1.165, 1.54) is 0 Å². The van der Waals surface area contributed by atoms with Crippen LogP contribution in [0, 0.1) is 0 Å². The Labute approximate surface area is 137 Å². The highest BCUT2D eigenvalue weighted by Gasteiger charge is 2.28. The van der Waals surface area contributed by atoms with Gasteiger partial charge >= 0.3 is 6.03 Å². The normalized spacial score (nSPS) is 20.1. The molecule has 2 amide bonds. The molecule has 1 aliphatic heterocycles. The topological polar surface area (TPSA) is 91.4 Å². The molecule has 0 saturated carbocycles. The van der Waals surface area contributed by atoms with Gasteiger partial charge in [-0.15, -0.1) is 0 Å². The van der Waals surface area contributed by atoms with Crippen molar-refractivity contribution in [2.45, 2.75) is 38.3 Å². The second-order valence-corrected chi connectivity index (χ2v) is 7.72. The lowest BCUT2D eigenvalue weighted by molar-refractivity contribution is 0.149. The standard InChI is InChI=1S/C15H24N4O3S/c1-12(14-8-3-5-9-16-14)18-15(20)19-10-6-4-7-13(19)11-17-23(2,21)22/h3,5,8-9,12-13,17H,4,6-7,10-11H2,1-2H3,(H,18,20)/t12-,13+/m0/s1. The van der Waals surface area contributed by atoms with Crippen molar-refractivity contribution in [3.05, 3.63) is 30.1 Å². The summed E-state index contributed by atoms with van der Waals surface area (Å²) >= 11 is 0. The molecule has 128 valence electrons. The van der Waals surface area contributed by atoms with E-state index in [-0.39, 0.29) is 24.7 Å². The van der Waals surface area contributed by atoms with Crippen molar-refractivity contribution < 1.29 is 13.2 Å². The molecule has 2 atom stereocenters. The van der Waals surface area contributed by atoms with E-state index in [1.54, 1.807) is 11.1 Å². The van der Waals surface area contributed by atoms with Gasteiger partial charge in [-0.1, -0.05) is 6.07 Å². The minimum Gasteiger partial charge on any atom is -0.330 e. The number of pyridine rings is 1. The van der Waals surface area contributed by atoms with Crippen molar-refractivity contribution in [1.82, 2.24) is 19.9 Å². The number of nitrogens with zero attached hydrogens (tertiary/aromatic N) is 2. The Morgan fingerprint density at radius 3 is 2.87 bits per heavy atom. The summed E-state index contributed by atoms with van der Waals surface area (Å²) < 4.78 is 25.0. The molecule has 0 radical (unpaired) electrons. The number of carbonyl (C=O) groups is 1. The van der Waals surface area contributed by atoms with E-state index in [4.69, 9.17) is 0 Å². The molecule has 2 N–H and O–H groups in total. The summed E-state index contributed by atoms with van der Waals surface area (Å²) in [7, 11) is -3.26. The number of hydrogen-bond donors (Lipinski definition) is 2. The largest absolute Gasteiger partial charge is 0.330 e. The summed E-state index contributed by atoms with van der Waals surface area (Å²) in [6.45, 7) is 2.77. The van der Waals surface area contributed by atoms with Gasteiger partial charge in [-0.25, -0.2) is 17.9 Å². The lowest BCUT2D eigenvalue weighted by atomic mass is 10.0. The van der Waals surface area contributed by atoms with Crippen molar-refractivity contribution in [3.63, 3.8) is 0 Å². The van der Waals surface area contributed by atoms with Crippen LogP contribution in [0.3, 0.4) is 0 Å². The molecule has 1 fully saturated rings. The van der Waals surface area contributed by atoms with Crippen molar-refractivity contribution in [1.29, 1.82) is 0 Å². The zero-order chi connectivity index (χ0) is 16.9. The molecular weight excluding hydrogens is 316 g/mol. The van der Waals surface area contributed by atoms with Crippen LogP contribution < -0.4 is 10.0 Å². The maximum absolute atomic E-state index is 12.5. The highest BCUT2D eigenvalue weighted by molar-refractivity contribution is 7.88. The Bertz CT molecular complexity index is 621. The molecule has 0 spiro atoms. The third-order valence-electron chi connectivity index (χ3n) is 3.94. The van der Waals surface area contributed by atoms with Gasteiger partial charge in [0.15, 0.2) is 0 Å². The summed E-state index contributed by atoms with van der Waals surface area (Å²) in [6, 6.07) is 5.08. The van der Waals surface area contributed by atoms with Gasteiger partial charge in [0.2, 0.25) is 10.0 Å². The lowest BCUT2D eigenvalue weighted by Gasteiger charge is -2.36. The van der Waals surface area contributed by atoms with Gasteiger partial charge in [-0.2, -0.15) is 0 Å². The van der Waals surface area contributed by atoms with E-state index in [2.05, 4.69) is 15.0 Å². The third kappa shape index (κ3) is 5.47. The van der Waals surface area contributed by atoms with Crippen LogP contribution in [0.2, 0.25) is 0 Å². The molecule has 2 rings (SSSR count). The molecule has 1 saturated heterocycles. The average Bonchev–Trinajstić information content (AvgIpc) is 2.53. The molecule has 0 unspecified atom stereocenters. The quantitative estimate of drug-likeness (QED) is 0.844. The van der Waals surface area contributed by atoms with Gasteiger partial charge in [-0.3, -0.25) is 4.98 Å². The van der Waals surface area contributed by atoms with Crippen LogP contribution in [0.25, 0.3) is 0 Å². The molecule has 0 aromatic carbocycles. The van der Waals surface area contributed by atoms with E-state index in [0.29, 0.717) is 6.54 Å². The molecule has 0 aliphatic carbocycles. The fraction of sp³-hybridized carbons (Fsp3) is 0.600. The van der Waals surface area contributed by atoms with Crippen molar-refractivity contribution in [3.8, 4) is 0 Å². The highest BCUT2D eigenvalue weighted by atomic mass is 32.2. The number of nitrogens with one attached hydrogen (secondary N) is 2. The summed E-state index contributed by atoms with van der Waals surface area (Å²) in [5.41, 5.74) is 0.795. The molecule has 0 bridgehead atoms. The van der Waals surface area contributed by atoms with Crippen LogP contribution in [-0.2, 0) is 10.0 Å². The minimum atomic E-state index is -3.26. The number of rotatable bonds is 5. The Morgan fingerprint density at radius 1 is 1.43 bits per heavy atom. The number of sulfonamides is 1. The van der Waals surface area contributed by atoms with Crippen LogP contribution in [0.5, 0.6) is 0 Å². The van der Waals surface area contributed by atoms with E-state index in [0.717, 1.165) is 31.2 Å². The smallest absolute Gasteiger partial charge is 0.318 e. The summed E-state index contributed by atoms with van der Waals surface area (Å²) in [6.07, 6.45) is 5.55. The predicted octanol–water partition coefficient (Wildman–Crippen LogP) is 1.26. The fourth-order valence-corrected chi connectivity index (χ4v) is 3.20. The minimum absolute atomic E-state index is 0.116.